The molecule has 0 heterocycles. The molecule has 0 aliphatic rings. The van der Waals surface area contributed by atoms with E-state index in [0.29, 0.717) is 5.33 Å². The first-order valence-electron chi connectivity index (χ1n) is 1.72. The van der Waals surface area contributed by atoms with E-state index >= 15 is 0 Å². The maximum Gasteiger partial charge on any atom is 1.00 e. The molecule has 0 aliphatic carbocycles. The largest absolute Gasteiger partial charge is 1.00 e. The zero-order valence-corrected chi connectivity index (χ0v) is 10.4. The molecule has 0 aromatic carbocycles. The monoisotopic (exact) mass is 242 g/mol. The van der Waals surface area contributed by atoms with Crippen molar-refractivity contribution in [2.24, 2.45) is 0 Å². The topological polar surface area (TPSA) is 66.4 Å². The summed E-state index contributed by atoms with van der Waals surface area (Å²) in [5, 5.41) is 0.342. The van der Waals surface area contributed by atoms with Gasteiger partial charge in [0.1, 0.15) is 0 Å². The minimum atomic E-state index is -4.47. The quantitative estimate of drug-likeness (QED) is 0.227. The van der Waals surface area contributed by atoms with E-state index in [2.05, 4.69) is 20.1 Å². The van der Waals surface area contributed by atoms with Crippen LogP contribution in [-0.4, -0.2) is 24.9 Å². The van der Waals surface area contributed by atoms with E-state index in [4.69, 9.17) is 0 Å². The molecule has 0 aromatic rings. The Morgan fingerprint density at radius 1 is 1.56 bits per heavy atom. The van der Waals surface area contributed by atoms with Crippen LogP contribution in [0.4, 0.5) is 0 Å². The third kappa shape index (κ3) is 13.0. The van der Waals surface area contributed by atoms with Crippen LogP contribution in [-0.2, 0) is 14.6 Å². The standard InChI is InChI=1S/C2H5BrO4S.K/c3-1-2-7-8(4,5)6;/h1-2H2,(H,4,5,6);/q;+1/p-1. The fraction of sp³-hybridized carbons (Fsp3) is 1.00. The SMILES string of the molecule is O=S(=O)([O-])OCCBr.[K+]. The smallest absolute Gasteiger partial charge is 0.726 e. The van der Waals surface area contributed by atoms with E-state index in [1.807, 2.05) is 0 Å². The van der Waals surface area contributed by atoms with Crippen molar-refractivity contribution in [1.29, 1.82) is 0 Å². The minimum Gasteiger partial charge on any atom is -0.726 e. The molecule has 0 amide bonds. The van der Waals surface area contributed by atoms with Gasteiger partial charge in [-0.25, -0.2) is 8.42 Å². The Morgan fingerprint density at radius 3 is 2.11 bits per heavy atom. The van der Waals surface area contributed by atoms with Gasteiger partial charge in [-0.2, -0.15) is 0 Å². The van der Waals surface area contributed by atoms with Crippen molar-refractivity contribution in [3.05, 3.63) is 0 Å². The van der Waals surface area contributed by atoms with Crippen molar-refractivity contribution in [3.8, 4) is 0 Å². The van der Waals surface area contributed by atoms with Gasteiger partial charge in [0.15, 0.2) is 0 Å². The predicted molar refractivity (Wildman–Crippen MR) is 29.4 cm³/mol. The fourth-order valence-electron chi connectivity index (χ4n) is 0.134. The first kappa shape index (κ1) is 13.6. The van der Waals surface area contributed by atoms with Gasteiger partial charge in [-0.15, -0.1) is 0 Å². The minimum absolute atomic E-state index is 0. The number of hydrogen-bond acceptors (Lipinski definition) is 4. The van der Waals surface area contributed by atoms with Gasteiger partial charge in [-0.3, -0.25) is 4.18 Å². The third-order valence-electron chi connectivity index (χ3n) is 0.305. The molecule has 0 radical (unpaired) electrons. The Kier molecular flexibility index (Phi) is 10.1. The summed E-state index contributed by atoms with van der Waals surface area (Å²) in [7, 11) is -4.47. The van der Waals surface area contributed by atoms with Crippen molar-refractivity contribution in [1.82, 2.24) is 0 Å². The second kappa shape index (κ2) is 6.68. The molecule has 7 heteroatoms. The average Bonchev–Trinajstić information content (AvgIpc) is 1.59. The van der Waals surface area contributed by atoms with Crippen LogP contribution in [0.15, 0.2) is 0 Å². The van der Waals surface area contributed by atoms with Gasteiger partial charge < -0.3 is 4.55 Å². The predicted octanol–water partition coefficient (Wildman–Crippen LogP) is -3.14. The second-order valence-corrected chi connectivity index (χ2v) is 2.76. The van der Waals surface area contributed by atoms with E-state index in [9.17, 15) is 13.0 Å². The van der Waals surface area contributed by atoms with Crippen LogP contribution in [0.3, 0.4) is 0 Å². The van der Waals surface area contributed by atoms with Crippen LogP contribution in [0.2, 0.25) is 0 Å². The summed E-state index contributed by atoms with van der Waals surface area (Å²) in [6, 6.07) is 0. The van der Waals surface area contributed by atoms with Crippen molar-refractivity contribution >= 4 is 26.3 Å². The molecule has 0 aliphatic heterocycles. The molecule has 9 heavy (non-hydrogen) atoms. The summed E-state index contributed by atoms with van der Waals surface area (Å²) in [5.74, 6) is 0. The number of alkyl halides is 1. The Labute approximate surface area is 105 Å². The molecule has 0 bridgehead atoms. The zero-order chi connectivity index (χ0) is 6.62. The summed E-state index contributed by atoms with van der Waals surface area (Å²) < 4.78 is 32.5. The van der Waals surface area contributed by atoms with E-state index in [-0.39, 0.29) is 58.0 Å². The molecule has 50 valence electrons. The number of rotatable bonds is 3. The molecule has 0 saturated carbocycles. The summed E-state index contributed by atoms with van der Waals surface area (Å²) in [5.41, 5.74) is 0. The number of halogens is 1. The van der Waals surface area contributed by atoms with Crippen LogP contribution in [0.25, 0.3) is 0 Å². The summed E-state index contributed by atoms with van der Waals surface area (Å²) in [6.45, 7) is -0.105. The maximum atomic E-state index is 9.59. The van der Waals surface area contributed by atoms with E-state index in [1.165, 1.54) is 0 Å². The van der Waals surface area contributed by atoms with Crippen molar-refractivity contribution < 1.29 is 68.5 Å². The summed E-state index contributed by atoms with van der Waals surface area (Å²) in [6.07, 6.45) is 0. The van der Waals surface area contributed by atoms with E-state index in [1.54, 1.807) is 0 Å². The van der Waals surface area contributed by atoms with Crippen molar-refractivity contribution in [2.45, 2.75) is 0 Å². The molecular weight excluding hydrogens is 239 g/mol. The van der Waals surface area contributed by atoms with Crippen LogP contribution in [0.1, 0.15) is 0 Å². The van der Waals surface area contributed by atoms with E-state index in [0.717, 1.165) is 0 Å². The molecule has 0 fully saturated rings. The Morgan fingerprint density at radius 2 is 2.00 bits per heavy atom. The first-order valence-corrected chi connectivity index (χ1v) is 4.18. The van der Waals surface area contributed by atoms with Crippen molar-refractivity contribution in [3.63, 3.8) is 0 Å². The summed E-state index contributed by atoms with van der Waals surface area (Å²) in [4.78, 5) is 0. The maximum absolute atomic E-state index is 9.59. The fourth-order valence-corrected chi connectivity index (χ4v) is 0.797. The van der Waals surface area contributed by atoms with Gasteiger partial charge >= 0.3 is 51.4 Å². The zero-order valence-electron chi connectivity index (χ0n) is 4.83. The van der Waals surface area contributed by atoms with Gasteiger partial charge in [0.25, 0.3) is 0 Å². The van der Waals surface area contributed by atoms with E-state index < -0.39 is 10.4 Å². The Hall–Kier alpha value is 1.99. The molecule has 0 atom stereocenters. The Bertz CT molecular complexity index is 143. The normalized spacial score (nSPS) is 10.4. The van der Waals surface area contributed by atoms with Gasteiger partial charge in [-0.05, 0) is 0 Å². The molecule has 0 spiro atoms. The van der Waals surface area contributed by atoms with Gasteiger partial charge in [0.05, 0.1) is 6.61 Å². The third-order valence-corrected chi connectivity index (χ3v) is 1.08. The number of hydrogen-bond donors (Lipinski definition) is 0. The molecule has 0 unspecified atom stereocenters. The molecule has 0 N–H and O–H groups in total. The van der Waals surface area contributed by atoms with Gasteiger partial charge in [0, 0.05) is 5.33 Å². The van der Waals surface area contributed by atoms with Crippen LogP contribution >= 0.6 is 15.9 Å². The molecule has 0 saturated heterocycles. The van der Waals surface area contributed by atoms with Gasteiger partial charge in [-0.1, -0.05) is 15.9 Å². The summed E-state index contributed by atoms with van der Waals surface area (Å²) >= 11 is 2.87. The van der Waals surface area contributed by atoms with Crippen LogP contribution < -0.4 is 51.4 Å². The van der Waals surface area contributed by atoms with Gasteiger partial charge in [0.2, 0.25) is 10.4 Å². The van der Waals surface area contributed by atoms with Crippen LogP contribution in [0, 0.1) is 0 Å². The molecule has 0 aromatic heterocycles. The molecule has 0 rings (SSSR count). The average molecular weight is 243 g/mol. The van der Waals surface area contributed by atoms with Crippen LogP contribution in [0.5, 0.6) is 0 Å². The molecule has 4 nitrogen and oxygen atoms in total. The first-order chi connectivity index (χ1) is 3.56. The Balaban J connectivity index is 0. The molecular formula is C2H4BrKO4S. The second-order valence-electron chi connectivity index (χ2n) is 0.919. The van der Waals surface area contributed by atoms with Crippen molar-refractivity contribution in [2.75, 3.05) is 11.9 Å².